The van der Waals surface area contributed by atoms with E-state index >= 15 is 0 Å². The number of benzene rings is 2. The van der Waals surface area contributed by atoms with Gasteiger partial charge in [0, 0.05) is 0 Å². The van der Waals surface area contributed by atoms with Gasteiger partial charge in [-0.15, -0.1) is 0 Å². The van der Waals surface area contributed by atoms with Crippen LogP contribution in [0, 0.1) is 17.1 Å². The number of hydrogen-bond donors (Lipinski definition) is 1. The Morgan fingerprint density at radius 3 is 2.57 bits per heavy atom. The number of rotatable bonds is 4. The molecule has 2 N–H and O–H groups in total. The van der Waals surface area contributed by atoms with Gasteiger partial charge in [-0.2, -0.15) is 5.26 Å². The summed E-state index contributed by atoms with van der Waals surface area (Å²) in [5, 5.41) is 9.64. The van der Waals surface area contributed by atoms with Gasteiger partial charge in [0.1, 0.15) is 23.2 Å². The molecule has 2 aromatic rings. The van der Waals surface area contributed by atoms with Crippen LogP contribution in [0.5, 0.6) is 0 Å². The molecule has 0 spiro atoms. The highest BCUT2D eigenvalue weighted by atomic mass is 19.1. The Morgan fingerprint density at radius 2 is 1.93 bits per heavy atom. The van der Waals surface area contributed by atoms with Crippen molar-refractivity contribution in [2.24, 2.45) is 5.73 Å². The summed E-state index contributed by atoms with van der Waals surface area (Å²) in [6, 6.07) is 15.5. The minimum Gasteiger partial charge on any atom is -0.463 e. The second-order valence-corrected chi connectivity index (χ2v) is 6.25. The van der Waals surface area contributed by atoms with Gasteiger partial charge in [0.2, 0.25) is 5.88 Å². The Balaban J connectivity index is 2.15. The number of allylic oxidation sites excluding steroid dienone is 2. The number of nitriles is 1. The van der Waals surface area contributed by atoms with Crippen LogP contribution in [0.2, 0.25) is 0 Å². The maximum absolute atomic E-state index is 13.6. The van der Waals surface area contributed by atoms with E-state index in [2.05, 4.69) is 0 Å². The average Bonchev–Trinajstić information content (AvgIpc) is 2.67. The number of ether oxygens (including phenoxy) is 2. The molecule has 1 atom stereocenters. The summed E-state index contributed by atoms with van der Waals surface area (Å²) in [6.45, 7) is 3.50. The fraction of sp³-hybridized carbons (Fsp3) is 0.182. The topological polar surface area (TPSA) is 85.3 Å². The van der Waals surface area contributed by atoms with Crippen LogP contribution in [0.25, 0.3) is 11.1 Å². The van der Waals surface area contributed by atoms with Gasteiger partial charge in [0.05, 0.1) is 18.1 Å². The van der Waals surface area contributed by atoms with E-state index in [0.717, 1.165) is 5.56 Å². The lowest BCUT2D eigenvalue weighted by molar-refractivity contribution is -0.139. The molecule has 2 aromatic carbocycles. The zero-order valence-corrected chi connectivity index (χ0v) is 15.5. The third-order valence-corrected chi connectivity index (χ3v) is 4.48. The number of esters is 1. The molecule has 6 heteroatoms. The quantitative estimate of drug-likeness (QED) is 0.808. The Labute approximate surface area is 162 Å². The second kappa shape index (κ2) is 7.97. The van der Waals surface area contributed by atoms with Crippen molar-refractivity contribution in [3.63, 3.8) is 0 Å². The summed E-state index contributed by atoms with van der Waals surface area (Å²) in [4.78, 5) is 12.6. The lowest BCUT2D eigenvalue weighted by Crippen LogP contribution is -2.25. The second-order valence-electron chi connectivity index (χ2n) is 6.25. The first kappa shape index (κ1) is 19.2. The molecule has 3 rings (SSSR count). The van der Waals surface area contributed by atoms with E-state index in [1.807, 2.05) is 18.2 Å². The summed E-state index contributed by atoms with van der Waals surface area (Å²) in [7, 11) is 0. The molecule has 0 bridgehead atoms. The summed E-state index contributed by atoms with van der Waals surface area (Å²) in [5.41, 5.74) is 8.36. The van der Waals surface area contributed by atoms with E-state index in [4.69, 9.17) is 15.2 Å². The number of carbonyl (C=O) groups excluding carboxylic acids is 1. The van der Waals surface area contributed by atoms with Gasteiger partial charge in [-0.25, -0.2) is 9.18 Å². The number of carbonyl (C=O) groups is 1. The third kappa shape index (κ3) is 3.60. The summed E-state index contributed by atoms with van der Waals surface area (Å²) < 4.78 is 24.2. The molecule has 0 radical (unpaired) electrons. The first-order valence-electron chi connectivity index (χ1n) is 8.77. The fourth-order valence-electron chi connectivity index (χ4n) is 3.25. The fourth-order valence-corrected chi connectivity index (χ4v) is 3.25. The predicted octanol–water partition coefficient (Wildman–Crippen LogP) is 4.14. The van der Waals surface area contributed by atoms with E-state index < -0.39 is 11.9 Å². The summed E-state index contributed by atoms with van der Waals surface area (Å²) >= 11 is 0. The molecule has 28 heavy (non-hydrogen) atoms. The Kier molecular flexibility index (Phi) is 5.46. The predicted molar refractivity (Wildman–Crippen MR) is 102 cm³/mol. The molecule has 5 nitrogen and oxygen atoms in total. The van der Waals surface area contributed by atoms with Crippen LogP contribution in [0.1, 0.15) is 25.3 Å². The molecule has 0 amide bonds. The van der Waals surface area contributed by atoms with Gasteiger partial charge in [0.25, 0.3) is 0 Å². The van der Waals surface area contributed by atoms with E-state index in [1.165, 1.54) is 12.1 Å². The van der Waals surface area contributed by atoms with Crippen LogP contribution < -0.4 is 5.73 Å². The standard InChI is InChI=1S/C22H19FN2O3/c1-3-27-22(26)19-13(2)28-21(25)18(12-24)20(19)16-8-4-6-14(10-16)15-7-5-9-17(23)11-15/h4-11,20H,3,25H2,1-2H3. The van der Waals surface area contributed by atoms with Gasteiger partial charge >= 0.3 is 5.97 Å². The highest BCUT2D eigenvalue weighted by Gasteiger charge is 2.36. The van der Waals surface area contributed by atoms with E-state index in [-0.39, 0.29) is 35.2 Å². The molecule has 0 aliphatic carbocycles. The van der Waals surface area contributed by atoms with E-state index in [9.17, 15) is 14.4 Å². The molecule has 0 saturated heterocycles. The van der Waals surface area contributed by atoms with Crippen LogP contribution in [0.3, 0.4) is 0 Å². The van der Waals surface area contributed by atoms with Gasteiger partial charge < -0.3 is 15.2 Å². The zero-order chi connectivity index (χ0) is 20.3. The first-order chi connectivity index (χ1) is 13.5. The molecule has 1 aliphatic rings. The lowest BCUT2D eigenvalue weighted by atomic mass is 9.82. The molecule has 0 aromatic heterocycles. The normalized spacial score (nSPS) is 16.4. The molecule has 1 heterocycles. The van der Waals surface area contributed by atoms with Crippen molar-refractivity contribution >= 4 is 5.97 Å². The molecular weight excluding hydrogens is 359 g/mol. The van der Waals surface area contributed by atoms with Crippen molar-refractivity contribution in [3.05, 3.63) is 82.7 Å². The number of nitrogens with zero attached hydrogens (tertiary/aromatic N) is 1. The minimum atomic E-state index is -0.730. The Morgan fingerprint density at radius 1 is 1.25 bits per heavy atom. The van der Waals surface area contributed by atoms with E-state index in [0.29, 0.717) is 11.1 Å². The molecule has 0 fully saturated rings. The maximum Gasteiger partial charge on any atom is 0.338 e. The van der Waals surface area contributed by atoms with Crippen LogP contribution in [0.15, 0.2) is 71.3 Å². The highest BCUT2D eigenvalue weighted by Crippen LogP contribution is 2.40. The average molecular weight is 378 g/mol. The molecule has 0 saturated carbocycles. The van der Waals surface area contributed by atoms with Crippen LogP contribution in [-0.4, -0.2) is 12.6 Å². The number of hydrogen-bond acceptors (Lipinski definition) is 5. The van der Waals surface area contributed by atoms with Crippen LogP contribution in [-0.2, 0) is 14.3 Å². The van der Waals surface area contributed by atoms with Crippen molar-refractivity contribution in [3.8, 4) is 17.2 Å². The largest absolute Gasteiger partial charge is 0.463 e. The maximum atomic E-state index is 13.6. The monoisotopic (exact) mass is 378 g/mol. The number of nitrogens with two attached hydrogens (primary N) is 1. The molecular formula is C22H19FN2O3. The van der Waals surface area contributed by atoms with Crippen LogP contribution in [0.4, 0.5) is 4.39 Å². The molecule has 142 valence electrons. The molecule has 1 unspecified atom stereocenters. The van der Waals surface area contributed by atoms with E-state index in [1.54, 1.807) is 38.1 Å². The summed E-state index contributed by atoms with van der Waals surface area (Å²) in [6.07, 6.45) is 0. The first-order valence-corrected chi connectivity index (χ1v) is 8.77. The molecule has 1 aliphatic heterocycles. The number of halogens is 1. The van der Waals surface area contributed by atoms with Crippen molar-refractivity contribution in [1.29, 1.82) is 5.26 Å². The SMILES string of the molecule is CCOC(=O)C1=C(C)OC(N)=C(C#N)C1c1cccc(-c2cccc(F)c2)c1. The summed E-state index contributed by atoms with van der Waals surface area (Å²) in [5.74, 6) is -1.41. The lowest BCUT2D eigenvalue weighted by Gasteiger charge is -2.27. The minimum absolute atomic E-state index is 0.0470. The third-order valence-electron chi connectivity index (χ3n) is 4.48. The highest BCUT2D eigenvalue weighted by molar-refractivity contribution is 5.92. The smallest absolute Gasteiger partial charge is 0.338 e. The van der Waals surface area contributed by atoms with Gasteiger partial charge in [-0.05, 0) is 42.7 Å². The van der Waals surface area contributed by atoms with Crippen molar-refractivity contribution in [2.75, 3.05) is 6.61 Å². The van der Waals surface area contributed by atoms with Crippen molar-refractivity contribution in [2.45, 2.75) is 19.8 Å². The van der Waals surface area contributed by atoms with Crippen molar-refractivity contribution < 1.29 is 18.7 Å². The van der Waals surface area contributed by atoms with Crippen LogP contribution >= 0.6 is 0 Å². The Hall–Kier alpha value is -3.59. The van der Waals surface area contributed by atoms with Gasteiger partial charge in [-0.3, -0.25) is 0 Å². The van der Waals surface area contributed by atoms with Gasteiger partial charge in [0.15, 0.2) is 0 Å². The zero-order valence-electron chi connectivity index (χ0n) is 15.5. The van der Waals surface area contributed by atoms with Crippen molar-refractivity contribution in [1.82, 2.24) is 0 Å². The van der Waals surface area contributed by atoms with Gasteiger partial charge in [-0.1, -0.05) is 36.4 Å². The Bertz CT molecular complexity index is 1030.